The number of rotatable bonds is 2. The van der Waals surface area contributed by atoms with Crippen LogP contribution in [0.25, 0.3) is 0 Å². The number of nitrogens with one attached hydrogen (secondary N) is 1. The lowest BCUT2D eigenvalue weighted by Crippen LogP contribution is -2.58. The molecule has 2 saturated heterocycles. The molecule has 2 aliphatic heterocycles. The molecule has 1 N–H and O–H groups in total. The van der Waals surface area contributed by atoms with E-state index in [1.807, 2.05) is 0 Å². The summed E-state index contributed by atoms with van der Waals surface area (Å²) in [5, 5.41) is 3.43. The predicted molar refractivity (Wildman–Crippen MR) is 88.4 cm³/mol. The fourth-order valence-corrected chi connectivity index (χ4v) is 3.46. The van der Waals surface area contributed by atoms with Gasteiger partial charge in [0, 0.05) is 26.2 Å². The summed E-state index contributed by atoms with van der Waals surface area (Å²) in [5.74, 6) is 1.02. The highest BCUT2D eigenvalue weighted by Gasteiger charge is 2.39. The number of ether oxygens (including phenoxy) is 1. The van der Waals surface area contributed by atoms with Crippen molar-refractivity contribution < 1.29 is 4.74 Å². The minimum absolute atomic E-state index is 0.162. The third-order valence-electron chi connectivity index (χ3n) is 5.21. The molecule has 0 aromatic heterocycles. The summed E-state index contributed by atoms with van der Waals surface area (Å²) in [6, 6.07) is 6.72. The van der Waals surface area contributed by atoms with E-state index in [-0.39, 0.29) is 5.41 Å². The van der Waals surface area contributed by atoms with Crippen molar-refractivity contribution in [1.29, 1.82) is 0 Å². The predicted octanol–water partition coefficient (Wildman–Crippen LogP) is 3.18. The zero-order chi connectivity index (χ0) is 15.1. The van der Waals surface area contributed by atoms with Crippen LogP contribution in [-0.4, -0.2) is 33.3 Å². The van der Waals surface area contributed by atoms with Gasteiger partial charge in [0.2, 0.25) is 0 Å². The van der Waals surface area contributed by atoms with Crippen molar-refractivity contribution in [1.82, 2.24) is 5.32 Å². The first-order valence-corrected chi connectivity index (χ1v) is 8.08. The second kappa shape index (κ2) is 5.20. The summed E-state index contributed by atoms with van der Waals surface area (Å²) in [4.78, 5) is 2.49. The van der Waals surface area contributed by atoms with E-state index in [1.165, 1.54) is 37.2 Å². The van der Waals surface area contributed by atoms with Gasteiger partial charge in [-0.15, -0.1) is 0 Å². The third-order valence-corrected chi connectivity index (χ3v) is 5.21. The first-order chi connectivity index (χ1) is 9.93. The Morgan fingerprint density at radius 2 is 1.81 bits per heavy atom. The highest BCUT2D eigenvalue weighted by molar-refractivity contribution is 5.60. The van der Waals surface area contributed by atoms with Crippen LogP contribution in [-0.2, 0) is 5.41 Å². The smallest absolute Gasteiger partial charge is 0.142 e. The Morgan fingerprint density at radius 1 is 1.14 bits per heavy atom. The molecule has 0 saturated carbocycles. The summed E-state index contributed by atoms with van der Waals surface area (Å²) in [6.45, 7) is 11.4. The van der Waals surface area contributed by atoms with Crippen LogP contribution in [0.5, 0.6) is 5.75 Å². The van der Waals surface area contributed by atoms with Gasteiger partial charge in [-0.25, -0.2) is 0 Å². The van der Waals surface area contributed by atoms with Gasteiger partial charge in [-0.1, -0.05) is 26.8 Å². The molecule has 0 bridgehead atoms. The molecule has 1 spiro atoms. The Hall–Kier alpha value is -1.22. The number of hydrogen-bond donors (Lipinski definition) is 1. The van der Waals surface area contributed by atoms with E-state index in [0.29, 0.717) is 5.41 Å². The van der Waals surface area contributed by atoms with Crippen molar-refractivity contribution >= 4 is 5.69 Å². The molecule has 0 atom stereocenters. The standard InChI is InChI=1S/C18H28N2O/c1-17(2,3)14-5-6-15(16(11-14)21-4)20-9-7-18(8-10-20)12-19-13-18/h5-6,11,19H,7-10,12-13H2,1-4H3. The fourth-order valence-electron chi connectivity index (χ4n) is 3.46. The van der Waals surface area contributed by atoms with Gasteiger partial charge in [0.15, 0.2) is 0 Å². The number of benzene rings is 1. The second-order valence-corrected chi connectivity index (χ2v) is 7.73. The minimum Gasteiger partial charge on any atom is -0.495 e. The van der Waals surface area contributed by atoms with Crippen LogP contribution in [0.3, 0.4) is 0 Å². The van der Waals surface area contributed by atoms with E-state index in [0.717, 1.165) is 18.8 Å². The van der Waals surface area contributed by atoms with E-state index in [1.54, 1.807) is 7.11 Å². The van der Waals surface area contributed by atoms with Crippen LogP contribution in [0.1, 0.15) is 39.2 Å². The van der Waals surface area contributed by atoms with Crippen molar-refractivity contribution in [2.24, 2.45) is 5.41 Å². The van der Waals surface area contributed by atoms with Gasteiger partial charge in [-0.3, -0.25) is 0 Å². The number of methoxy groups -OCH3 is 1. The summed E-state index contributed by atoms with van der Waals surface area (Å²) in [6.07, 6.45) is 2.59. The molecule has 1 aromatic rings. The molecular formula is C18H28N2O. The number of hydrogen-bond acceptors (Lipinski definition) is 3. The minimum atomic E-state index is 0.162. The van der Waals surface area contributed by atoms with E-state index in [4.69, 9.17) is 4.74 Å². The molecule has 3 heteroatoms. The van der Waals surface area contributed by atoms with Gasteiger partial charge < -0.3 is 15.0 Å². The largest absolute Gasteiger partial charge is 0.495 e. The van der Waals surface area contributed by atoms with Crippen LogP contribution in [0.15, 0.2) is 18.2 Å². The van der Waals surface area contributed by atoms with E-state index >= 15 is 0 Å². The zero-order valence-electron chi connectivity index (χ0n) is 13.8. The Balaban J connectivity index is 1.79. The molecule has 1 aromatic carbocycles. The van der Waals surface area contributed by atoms with Crippen molar-refractivity contribution in [2.75, 3.05) is 38.2 Å². The maximum atomic E-state index is 5.67. The number of anilines is 1. The Labute approximate surface area is 128 Å². The number of nitrogens with zero attached hydrogens (tertiary/aromatic N) is 1. The molecule has 0 aliphatic carbocycles. The van der Waals surface area contributed by atoms with Gasteiger partial charge in [0.1, 0.15) is 5.75 Å². The van der Waals surface area contributed by atoms with Crippen LogP contribution < -0.4 is 15.0 Å². The third kappa shape index (κ3) is 2.76. The number of piperidine rings is 1. The molecule has 2 fully saturated rings. The van der Waals surface area contributed by atoms with E-state index in [9.17, 15) is 0 Å². The Bertz CT molecular complexity index is 504. The quantitative estimate of drug-likeness (QED) is 0.904. The summed E-state index contributed by atoms with van der Waals surface area (Å²) < 4.78 is 5.67. The first-order valence-electron chi connectivity index (χ1n) is 8.08. The summed E-state index contributed by atoms with van der Waals surface area (Å²) >= 11 is 0. The molecule has 2 aliphatic rings. The first kappa shape index (κ1) is 14.7. The normalized spacial score (nSPS) is 21.2. The monoisotopic (exact) mass is 288 g/mol. The topological polar surface area (TPSA) is 24.5 Å². The van der Waals surface area contributed by atoms with E-state index in [2.05, 4.69) is 49.2 Å². The Kier molecular flexibility index (Phi) is 3.64. The lowest BCUT2D eigenvalue weighted by Gasteiger charge is -2.49. The van der Waals surface area contributed by atoms with Gasteiger partial charge in [-0.2, -0.15) is 0 Å². The highest BCUT2D eigenvalue weighted by atomic mass is 16.5. The van der Waals surface area contributed by atoms with Gasteiger partial charge in [0.25, 0.3) is 0 Å². The van der Waals surface area contributed by atoms with Crippen molar-refractivity contribution in [3.05, 3.63) is 23.8 Å². The van der Waals surface area contributed by atoms with Crippen LogP contribution in [0.2, 0.25) is 0 Å². The Morgan fingerprint density at radius 3 is 2.29 bits per heavy atom. The molecule has 0 amide bonds. The van der Waals surface area contributed by atoms with Crippen molar-refractivity contribution in [2.45, 2.75) is 39.0 Å². The second-order valence-electron chi connectivity index (χ2n) is 7.73. The van der Waals surface area contributed by atoms with E-state index < -0.39 is 0 Å². The SMILES string of the molecule is COc1cc(C(C)(C)C)ccc1N1CCC2(CC1)CNC2. The maximum absolute atomic E-state index is 5.67. The van der Waals surface area contributed by atoms with Gasteiger partial charge in [0.05, 0.1) is 12.8 Å². The summed E-state index contributed by atoms with van der Waals surface area (Å²) in [7, 11) is 1.78. The molecule has 21 heavy (non-hydrogen) atoms. The lowest BCUT2D eigenvalue weighted by atomic mass is 9.73. The lowest BCUT2D eigenvalue weighted by molar-refractivity contribution is 0.126. The molecule has 2 heterocycles. The zero-order valence-corrected chi connectivity index (χ0v) is 13.8. The molecule has 3 nitrogen and oxygen atoms in total. The van der Waals surface area contributed by atoms with Crippen LogP contribution >= 0.6 is 0 Å². The van der Waals surface area contributed by atoms with Gasteiger partial charge in [-0.05, 0) is 41.4 Å². The fraction of sp³-hybridized carbons (Fsp3) is 0.667. The molecule has 0 radical (unpaired) electrons. The van der Waals surface area contributed by atoms with Crippen LogP contribution in [0, 0.1) is 5.41 Å². The highest BCUT2D eigenvalue weighted by Crippen LogP contribution is 2.40. The van der Waals surface area contributed by atoms with Crippen LogP contribution in [0.4, 0.5) is 5.69 Å². The molecule has 116 valence electrons. The molecule has 0 unspecified atom stereocenters. The van der Waals surface area contributed by atoms with Crippen molar-refractivity contribution in [3.63, 3.8) is 0 Å². The maximum Gasteiger partial charge on any atom is 0.142 e. The molecule has 3 rings (SSSR count). The molecular weight excluding hydrogens is 260 g/mol. The average molecular weight is 288 g/mol. The van der Waals surface area contributed by atoms with Gasteiger partial charge >= 0.3 is 0 Å². The summed E-state index contributed by atoms with van der Waals surface area (Å²) in [5.41, 5.74) is 3.34. The average Bonchev–Trinajstić information content (AvgIpc) is 2.44. The van der Waals surface area contributed by atoms with Crippen molar-refractivity contribution in [3.8, 4) is 5.75 Å².